The maximum absolute atomic E-state index is 5.40. The summed E-state index contributed by atoms with van der Waals surface area (Å²) in [6.45, 7) is 6.48. The number of rotatable bonds is 4. The topological polar surface area (TPSA) is 75.9 Å². The first-order valence-electron chi connectivity index (χ1n) is 6.11. The van der Waals surface area contributed by atoms with Gasteiger partial charge in [0.1, 0.15) is 5.82 Å². The van der Waals surface area contributed by atoms with Gasteiger partial charge in [0.05, 0.1) is 5.52 Å². The monoisotopic (exact) mass is 245 g/mol. The number of aromatic nitrogens is 2. The Morgan fingerprint density at radius 1 is 1.11 bits per heavy atom. The molecule has 1 unspecified atom stereocenters. The fraction of sp³-hybridized carbons (Fsp3) is 0.385. The molecule has 0 amide bonds. The molecule has 1 aromatic carbocycles. The normalized spacial score (nSPS) is 12.7. The molecule has 0 saturated carbocycles. The summed E-state index contributed by atoms with van der Waals surface area (Å²) in [5.41, 5.74) is 3.37. The number of anilines is 2. The van der Waals surface area contributed by atoms with E-state index in [-0.39, 0.29) is 0 Å². The Kier molecular flexibility index (Phi) is 3.62. The van der Waals surface area contributed by atoms with Crippen molar-refractivity contribution in [3.63, 3.8) is 0 Å². The van der Waals surface area contributed by atoms with Crippen molar-refractivity contribution in [3.8, 4) is 0 Å². The van der Waals surface area contributed by atoms with Crippen LogP contribution in [0.1, 0.15) is 20.8 Å². The van der Waals surface area contributed by atoms with Gasteiger partial charge in [-0.1, -0.05) is 26.0 Å². The van der Waals surface area contributed by atoms with E-state index in [0.29, 0.717) is 17.9 Å². The minimum atomic E-state index is 0.328. The molecule has 1 atom stereocenters. The van der Waals surface area contributed by atoms with Crippen LogP contribution in [-0.2, 0) is 0 Å². The van der Waals surface area contributed by atoms with Crippen molar-refractivity contribution in [1.29, 1.82) is 0 Å². The molecule has 18 heavy (non-hydrogen) atoms. The van der Waals surface area contributed by atoms with Crippen molar-refractivity contribution in [2.75, 3.05) is 10.7 Å². The number of nitrogens with one attached hydrogen (secondary N) is 2. The van der Waals surface area contributed by atoms with Crippen LogP contribution in [0.5, 0.6) is 0 Å². The standard InChI is InChI=1S/C13H19N5/c1-8(2)9(3)15-12-10-6-4-5-7-11(10)16-13(17-12)18-14/h4-9H,14H2,1-3H3,(H2,15,16,17,18). The zero-order chi connectivity index (χ0) is 13.1. The van der Waals surface area contributed by atoms with Crippen LogP contribution in [0.4, 0.5) is 11.8 Å². The molecule has 1 heterocycles. The smallest absolute Gasteiger partial charge is 0.239 e. The highest BCUT2D eigenvalue weighted by atomic mass is 15.3. The van der Waals surface area contributed by atoms with E-state index < -0.39 is 0 Å². The summed E-state index contributed by atoms with van der Waals surface area (Å²) >= 11 is 0. The molecule has 0 aliphatic carbocycles. The first-order chi connectivity index (χ1) is 8.61. The Morgan fingerprint density at radius 3 is 2.50 bits per heavy atom. The van der Waals surface area contributed by atoms with Crippen molar-refractivity contribution in [3.05, 3.63) is 24.3 Å². The van der Waals surface area contributed by atoms with Crippen LogP contribution in [0.15, 0.2) is 24.3 Å². The lowest BCUT2D eigenvalue weighted by molar-refractivity contribution is 0.559. The number of nitrogens with two attached hydrogens (primary N) is 1. The SMILES string of the molecule is CC(C)C(C)Nc1nc(NN)nc2ccccc12. The highest BCUT2D eigenvalue weighted by molar-refractivity contribution is 5.90. The van der Waals surface area contributed by atoms with Crippen molar-refractivity contribution < 1.29 is 0 Å². The summed E-state index contributed by atoms with van der Waals surface area (Å²) in [6, 6.07) is 8.21. The van der Waals surface area contributed by atoms with Gasteiger partial charge in [0.2, 0.25) is 5.95 Å². The highest BCUT2D eigenvalue weighted by Gasteiger charge is 2.11. The number of hydrogen-bond donors (Lipinski definition) is 3. The molecule has 0 aliphatic rings. The van der Waals surface area contributed by atoms with E-state index in [1.165, 1.54) is 0 Å². The Balaban J connectivity index is 2.47. The lowest BCUT2D eigenvalue weighted by Crippen LogP contribution is -2.23. The van der Waals surface area contributed by atoms with E-state index in [9.17, 15) is 0 Å². The second-order valence-corrected chi connectivity index (χ2v) is 4.73. The summed E-state index contributed by atoms with van der Waals surface area (Å²) in [7, 11) is 0. The third kappa shape index (κ3) is 2.51. The zero-order valence-corrected chi connectivity index (χ0v) is 10.9. The molecule has 0 saturated heterocycles. The molecule has 2 rings (SSSR count). The summed E-state index contributed by atoms with van der Waals surface area (Å²) in [6.07, 6.45) is 0. The Labute approximate surface area is 107 Å². The summed E-state index contributed by atoms with van der Waals surface area (Å²) < 4.78 is 0. The summed E-state index contributed by atoms with van der Waals surface area (Å²) in [5.74, 6) is 7.16. The largest absolute Gasteiger partial charge is 0.367 e. The van der Waals surface area contributed by atoms with Crippen LogP contribution in [-0.4, -0.2) is 16.0 Å². The minimum absolute atomic E-state index is 0.328. The third-order valence-corrected chi connectivity index (χ3v) is 3.10. The zero-order valence-electron chi connectivity index (χ0n) is 10.9. The number of nitrogen functional groups attached to an aromatic ring is 1. The van der Waals surface area contributed by atoms with Gasteiger partial charge in [0.15, 0.2) is 0 Å². The van der Waals surface area contributed by atoms with Gasteiger partial charge in [-0.25, -0.2) is 10.8 Å². The second-order valence-electron chi connectivity index (χ2n) is 4.73. The molecule has 0 aliphatic heterocycles. The Hall–Kier alpha value is -1.88. The molecule has 5 nitrogen and oxygen atoms in total. The van der Waals surface area contributed by atoms with Crippen molar-refractivity contribution in [1.82, 2.24) is 9.97 Å². The molecule has 0 bridgehead atoms. The molecule has 96 valence electrons. The van der Waals surface area contributed by atoms with Gasteiger partial charge >= 0.3 is 0 Å². The van der Waals surface area contributed by atoms with Gasteiger partial charge in [-0.05, 0) is 25.0 Å². The van der Waals surface area contributed by atoms with Crippen molar-refractivity contribution in [2.45, 2.75) is 26.8 Å². The fourth-order valence-corrected chi connectivity index (χ4v) is 1.63. The van der Waals surface area contributed by atoms with E-state index in [1.54, 1.807) is 0 Å². The maximum atomic E-state index is 5.40. The van der Waals surface area contributed by atoms with Crippen LogP contribution < -0.4 is 16.6 Å². The van der Waals surface area contributed by atoms with E-state index in [0.717, 1.165) is 16.7 Å². The number of hydrazine groups is 1. The predicted octanol–water partition coefficient (Wildman–Crippen LogP) is 2.37. The first-order valence-corrected chi connectivity index (χ1v) is 6.11. The molecular formula is C13H19N5. The molecule has 2 aromatic rings. The lowest BCUT2D eigenvalue weighted by Gasteiger charge is -2.19. The van der Waals surface area contributed by atoms with E-state index in [4.69, 9.17) is 5.84 Å². The third-order valence-electron chi connectivity index (χ3n) is 3.10. The summed E-state index contributed by atoms with van der Waals surface area (Å²) in [4.78, 5) is 8.70. The van der Waals surface area contributed by atoms with Gasteiger partial charge < -0.3 is 5.32 Å². The number of benzene rings is 1. The Bertz CT molecular complexity index is 538. The molecule has 4 N–H and O–H groups in total. The molecular weight excluding hydrogens is 226 g/mol. The molecule has 5 heteroatoms. The van der Waals surface area contributed by atoms with Gasteiger partial charge in [0.25, 0.3) is 0 Å². The van der Waals surface area contributed by atoms with Crippen LogP contribution in [0.25, 0.3) is 10.9 Å². The summed E-state index contributed by atoms with van der Waals surface area (Å²) in [5, 5.41) is 4.42. The molecule has 0 radical (unpaired) electrons. The molecule has 1 aromatic heterocycles. The molecule has 0 spiro atoms. The fourth-order valence-electron chi connectivity index (χ4n) is 1.63. The van der Waals surface area contributed by atoms with Crippen molar-refractivity contribution in [2.24, 2.45) is 11.8 Å². The number of para-hydroxylation sites is 1. The molecule has 0 fully saturated rings. The van der Waals surface area contributed by atoms with Crippen molar-refractivity contribution >= 4 is 22.7 Å². The van der Waals surface area contributed by atoms with E-state index in [2.05, 4.69) is 41.5 Å². The second kappa shape index (κ2) is 5.18. The highest BCUT2D eigenvalue weighted by Crippen LogP contribution is 2.23. The van der Waals surface area contributed by atoms with Crippen LogP contribution >= 0.6 is 0 Å². The van der Waals surface area contributed by atoms with Gasteiger partial charge in [-0.2, -0.15) is 4.98 Å². The quantitative estimate of drug-likeness (QED) is 0.569. The number of hydrogen-bond acceptors (Lipinski definition) is 5. The predicted molar refractivity (Wildman–Crippen MR) is 75.3 cm³/mol. The van der Waals surface area contributed by atoms with E-state index >= 15 is 0 Å². The average molecular weight is 245 g/mol. The van der Waals surface area contributed by atoms with Crippen LogP contribution in [0.2, 0.25) is 0 Å². The van der Waals surface area contributed by atoms with Crippen LogP contribution in [0.3, 0.4) is 0 Å². The van der Waals surface area contributed by atoms with Gasteiger partial charge in [-0.3, -0.25) is 5.43 Å². The number of fused-ring (bicyclic) bond motifs is 1. The van der Waals surface area contributed by atoms with Gasteiger partial charge in [-0.15, -0.1) is 0 Å². The average Bonchev–Trinajstić information content (AvgIpc) is 2.38. The first kappa shape index (κ1) is 12.6. The van der Waals surface area contributed by atoms with Gasteiger partial charge in [0, 0.05) is 11.4 Å². The minimum Gasteiger partial charge on any atom is -0.367 e. The Morgan fingerprint density at radius 2 is 1.83 bits per heavy atom. The lowest BCUT2D eigenvalue weighted by atomic mass is 10.1. The van der Waals surface area contributed by atoms with Crippen LogP contribution in [0, 0.1) is 5.92 Å². The van der Waals surface area contributed by atoms with E-state index in [1.807, 2.05) is 24.3 Å². The maximum Gasteiger partial charge on any atom is 0.239 e. The number of nitrogens with zero attached hydrogens (tertiary/aromatic N) is 2.